The van der Waals surface area contributed by atoms with Gasteiger partial charge in [-0.1, -0.05) is 31.2 Å². The van der Waals surface area contributed by atoms with Gasteiger partial charge in [-0.25, -0.2) is 9.59 Å². The van der Waals surface area contributed by atoms with Gasteiger partial charge in [0.25, 0.3) is 0 Å². The van der Waals surface area contributed by atoms with Gasteiger partial charge in [-0.15, -0.1) is 0 Å². The Kier molecular flexibility index (Phi) is 8.10. The number of ether oxygens (including phenoxy) is 4. The second-order valence-electron chi connectivity index (χ2n) is 6.21. The molecule has 0 saturated heterocycles. The first-order valence-electron chi connectivity index (χ1n) is 9.28. The number of benzene rings is 2. The molecule has 0 radical (unpaired) electrons. The van der Waals surface area contributed by atoms with Crippen LogP contribution in [-0.4, -0.2) is 30.2 Å². The van der Waals surface area contributed by atoms with Crippen molar-refractivity contribution in [3.8, 4) is 11.5 Å². The largest absolute Gasteiger partial charge is 0.454 e. The van der Waals surface area contributed by atoms with Crippen LogP contribution in [0, 0.1) is 0 Å². The van der Waals surface area contributed by atoms with E-state index in [1.807, 2.05) is 6.92 Å². The lowest BCUT2D eigenvalue weighted by atomic mass is 10.2. The average molecular weight is 414 g/mol. The van der Waals surface area contributed by atoms with Crippen molar-refractivity contribution in [2.75, 3.05) is 0 Å². The number of carbonyl (C=O) groups excluding carboxylic acids is 4. The van der Waals surface area contributed by atoms with Crippen LogP contribution in [0.2, 0.25) is 0 Å². The van der Waals surface area contributed by atoms with Crippen LogP contribution in [0.1, 0.15) is 54.3 Å². The number of hydrogen-bond donors (Lipinski definition) is 0. The molecule has 0 aliphatic carbocycles. The summed E-state index contributed by atoms with van der Waals surface area (Å²) in [5.74, 6) is -2.86. The van der Waals surface area contributed by atoms with Gasteiger partial charge in [0.2, 0.25) is 6.29 Å². The van der Waals surface area contributed by atoms with E-state index in [9.17, 15) is 19.2 Å². The summed E-state index contributed by atoms with van der Waals surface area (Å²) in [5, 5.41) is 0. The maximum Gasteiger partial charge on any atom is 0.349 e. The summed E-state index contributed by atoms with van der Waals surface area (Å²) in [6, 6.07) is 12.5. The fourth-order valence-electron chi connectivity index (χ4n) is 2.51. The monoisotopic (exact) mass is 414 g/mol. The average Bonchev–Trinajstić information content (AvgIpc) is 2.68. The lowest BCUT2D eigenvalue weighted by Crippen LogP contribution is -2.26. The molecule has 0 fully saturated rings. The van der Waals surface area contributed by atoms with Gasteiger partial charge >= 0.3 is 23.9 Å². The summed E-state index contributed by atoms with van der Waals surface area (Å²) in [5.41, 5.74) is 0.114. The third-order valence-corrected chi connectivity index (χ3v) is 3.73. The molecule has 8 nitrogen and oxygen atoms in total. The molecule has 0 bridgehead atoms. The molecule has 0 aromatic heterocycles. The standard InChI is InChI=1S/C22H22O8/c1-4-9-20(29-18-12-7-5-10-16(18)21(25)27-14(2)23)30-19-13-8-6-11-17(19)22(26)28-15(3)24/h5-8,10-13,20H,4,9H2,1-3H3. The van der Waals surface area contributed by atoms with Gasteiger partial charge in [-0.05, 0) is 30.7 Å². The predicted molar refractivity (Wildman–Crippen MR) is 105 cm³/mol. The van der Waals surface area contributed by atoms with Crippen LogP contribution in [0.3, 0.4) is 0 Å². The van der Waals surface area contributed by atoms with Crippen molar-refractivity contribution in [3.05, 3.63) is 59.7 Å². The minimum Gasteiger partial charge on any atom is -0.454 e. The smallest absolute Gasteiger partial charge is 0.349 e. The zero-order chi connectivity index (χ0) is 22.1. The Morgan fingerprint density at radius 1 is 0.733 bits per heavy atom. The van der Waals surface area contributed by atoms with Crippen LogP contribution in [0.15, 0.2) is 48.5 Å². The number of para-hydroxylation sites is 2. The maximum atomic E-state index is 12.2. The summed E-state index contributed by atoms with van der Waals surface area (Å²) in [6.07, 6.45) is 0.226. The number of carbonyl (C=O) groups is 4. The highest BCUT2D eigenvalue weighted by molar-refractivity contribution is 5.99. The lowest BCUT2D eigenvalue weighted by molar-refractivity contribution is -0.136. The molecule has 2 aromatic carbocycles. The van der Waals surface area contributed by atoms with E-state index in [1.165, 1.54) is 12.1 Å². The molecule has 0 unspecified atom stereocenters. The summed E-state index contributed by atoms with van der Waals surface area (Å²) in [7, 11) is 0. The first-order valence-corrected chi connectivity index (χ1v) is 9.28. The molecule has 0 heterocycles. The third kappa shape index (κ3) is 6.44. The molecule has 0 amide bonds. The van der Waals surface area contributed by atoms with Crippen molar-refractivity contribution in [3.63, 3.8) is 0 Å². The number of esters is 4. The molecular formula is C22H22O8. The van der Waals surface area contributed by atoms with E-state index in [1.54, 1.807) is 36.4 Å². The van der Waals surface area contributed by atoms with Crippen molar-refractivity contribution in [1.82, 2.24) is 0 Å². The van der Waals surface area contributed by atoms with E-state index >= 15 is 0 Å². The van der Waals surface area contributed by atoms with Crippen molar-refractivity contribution in [2.45, 2.75) is 39.9 Å². The zero-order valence-electron chi connectivity index (χ0n) is 16.9. The molecule has 0 N–H and O–H groups in total. The Morgan fingerprint density at radius 2 is 1.13 bits per heavy atom. The molecule has 0 atom stereocenters. The molecule has 2 rings (SSSR count). The van der Waals surface area contributed by atoms with Crippen molar-refractivity contribution < 1.29 is 38.1 Å². The quantitative estimate of drug-likeness (QED) is 0.366. The Labute approximate surface area is 173 Å². The minimum absolute atomic E-state index is 0.0571. The molecule has 0 saturated carbocycles. The van der Waals surface area contributed by atoms with Gasteiger partial charge in [0.1, 0.15) is 22.6 Å². The maximum absolute atomic E-state index is 12.2. The van der Waals surface area contributed by atoms with Gasteiger partial charge < -0.3 is 18.9 Å². The highest BCUT2D eigenvalue weighted by Crippen LogP contribution is 2.26. The Morgan fingerprint density at radius 3 is 1.50 bits per heavy atom. The van der Waals surface area contributed by atoms with Crippen molar-refractivity contribution in [1.29, 1.82) is 0 Å². The Balaban J connectivity index is 2.27. The topological polar surface area (TPSA) is 105 Å². The van der Waals surface area contributed by atoms with Gasteiger partial charge in [0.15, 0.2) is 0 Å². The van der Waals surface area contributed by atoms with E-state index in [0.29, 0.717) is 12.8 Å². The molecule has 0 spiro atoms. The normalized spacial score (nSPS) is 10.3. The summed E-state index contributed by atoms with van der Waals surface area (Å²) in [4.78, 5) is 46.5. The van der Waals surface area contributed by atoms with Crippen molar-refractivity contribution in [2.24, 2.45) is 0 Å². The van der Waals surface area contributed by atoms with E-state index in [-0.39, 0.29) is 22.6 Å². The van der Waals surface area contributed by atoms with Gasteiger partial charge in [0.05, 0.1) is 0 Å². The van der Waals surface area contributed by atoms with Crippen LogP contribution < -0.4 is 9.47 Å². The van der Waals surface area contributed by atoms with E-state index < -0.39 is 30.2 Å². The summed E-state index contributed by atoms with van der Waals surface area (Å²) < 4.78 is 21.0. The first-order chi connectivity index (χ1) is 14.3. The molecule has 0 aliphatic heterocycles. The lowest BCUT2D eigenvalue weighted by Gasteiger charge is -2.22. The fourth-order valence-corrected chi connectivity index (χ4v) is 2.51. The number of rotatable bonds is 8. The summed E-state index contributed by atoms with van der Waals surface area (Å²) in [6.45, 7) is 4.16. The van der Waals surface area contributed by atoms with E-state index in [2.05, 4.69) is 9.47 Å². The van der Waals surface area contributed by atoms with Gasteiger partial charge in [0, 0.05) is 20.3 Å². The van der Waals surface area contributed by atoms with Crippen LogP contribution in [0.25, 0.3) is 0 Å². The highest BCUT2D eigenvalue weighted by Gasteiger charge is 2.22. The first kappa shape index (κ1) is 22.6. The molecule has 158 valence electrons. The Hall–Kier alpha value is -3.68. The molecule has 2 aromatic rings. The van der Waals surface area contributed by atoms with Crippen LogP contribution in [0.5, 0.6) is 11.5 Å². The molecular weight excluding hydrogens is 392 g/mol. The van der Waals surface area contributed by atoms with Gasteiger partial charge in [-0.3, -0.25) is 9.59 Å². The minimum atomic E-state index is -0.868. The molecule has 30 heavy (non-hydrogen) atoms. The van der Waals surface area contributed by atoms with Crippen LogP contribution in [-0.2, 0) is 19.1 Å². The second kappa shape index (κ2) is 10.8. The highest BCUT2D eigenvalue weighted by atomic mass is 16.7. The number of hydrogen-bond acceptors (Lipinski definition) is 8. The van der Waals surface area contributed by atoms with E-state index in [4.69, 9.17) is 9.47 Å². The predicted octanol–water partition coefficient (Wildman–Crippen LogP) is 3.68. The van der Waals surface area contributed by atoms with Crippen LogP contribution >= 0.6 is 0 Å². The molecule has 0 aliphatic rings. The second-order valence-corrected chi connectivity index (χ2v) is 6.21. The van der Waals surface area contributed by atoms with Gasteiger partial charge in [-0.2, -0.15) is 0 Å². The molecule has 8 heteroatoms. The fraction of sp³-hybridized carbons (Fsp3) is 0.273. The summed E-state index contributed by atoms with van der Waals surface area (Å²) >= 11 is 0. The Bertz CT molecular complexity index is 861. The van der Waals surface area contributed by atoms with Crippen molar-refractivity contribution >= 4 is 23.9 Å². The SMILES string of the molecule is CCCC(Oc1ccccc1C(=O)OC(C)=O)Oc1ccccc1C(=O)OC(C)=O. The van der Waals surface area contributed by atoms with E-state index in [0.717, 1.165) is 13.8 Å². The zero-order valence-corrected chi connectivity index (χ0v) is 16.9. The third-order valence-electron chi connectivity index (χ3n) is 3.73. The van der Waals surface area contributed by atoms with Crippen LogP contribution in [0.4, 0.5) is 0 Å².